The molecule has 34 heavy (non-hydrogen) atoms. The maximum absolute atomic E-state index is 13.1. The van der Waals surface area contributed by atoms with E-state index in [2.05, 4.69) is 6.92 Å². The maximum Gasteiger partial charge on any atom is 0.347 e. The number of ether oxygens (including phenoxy) is 2. The molecule has 1 N–H and O–H groups in total. The first kappa shape index (κ1) is 23.5. The first-order valence-corrected chi connectivity index (χ1v) is 11.5. The molecule has 180 valence electrons. The van der Waals surface area contributed by atoms with Crippen LogP contribution in [0.15, 0.2) is 35.6 Å². The van der Waals surface area contributed by atoms with Crippen molar-refractivity contribution in [3.05, 3.63) is 58.4 Å². The third kappa shape index (κ3) is 3.74. The standard InChI is InChI=1S/C25H29N3O6/c1-5-7-8-17-26-19-14(3)13-27-21(22(29)18(23(27)30)25(32)34-6-2)20(19)28(17)16-11-9-15(10-12-16)24(31)33-4/h9-12,14,21,29H,5-8,13H2,1-4H3. The van der Waals surface area contributed by atoms with Gasteiger partial charge in [0.25, 0.3) is 5.91 Å². The van der Waals surface area contributed by atoms with Crippen molar-refractivity contribution >= 4 is 17.8 Å². The number of hydrogen-bond donors (Lipinski definition) is 1. The normalized spacial score (nSPS) is 19.2. The Bertz CT molecular complexity index is 1160. The molecular weight excluding hydrogens is 438 g/mol. The Kier molecular flexibility index (Phi) is 6.45. The molecule has 1 aromatic carbocycles. The summed E-state index contributed by atoms with van der Waals surface area (Å²) < 4.78 is 11.8. The third-order valence-corrected chi connectivity index (χ3v) is 6.29. The molecule has 0 bridgehead atoms. The number of carbonyl (C=O) groups excluding carboxylic acids is 3. The molecule has 0 saturated heterocycles. The number of unbranched alkanes of at least 4 members (excludes halogenated alkanes) is 1. The molecule has 0 spiro atoms. The largest absolute Gasteiger partial charge is 0.509 e. The van der Waals surface area contributed by atoms with Gasteiger partial charge in [-0.1, -0.05) is 20.3 Å². The lowest BCUT2D eigenvalue weighted by molar-refractivity contribution is -0.141. The second-order valence-corrected chi connectivity index (χ2v) is 8.52. The van der Waals surface area contributed by atoms with Gasteiger partial charge in [-0.15, -0.1) is 0 Å². The maximum atomic E-state index is 13.1. The van der Waals surface area contributed by atoms with Crippen molar-refractivity contribution < 1.29 is 29.0 Å². The topological polar surface area (TPSA) is 111 Å². The van der Waals surface area contributed by atoms with Crippen molar-refractivity contribution in [1.29, 1.82) is 0 Å². The number of esters is 2. The number of amides is 1. The molecule has 2 aliphatic rings. The molecule has 2 atom stereocenters. The third-order valence-electron chi connectivity index (χ3n) is 6.29. The molecule has 1 amide bonds. The smallest absolute Gasteiger partial charge is 0.347 e. The minimum atomic E-state index is -0.832. The quantitative estimate of drug-likeness (QED) is 0.491. The minimum absolute atomic E-state index is 0.0967. The molecule has 9 heteroatoms. The number of hydrogen-bond acceptors (Lipinski definition) is 7. The highest BCUT2D eigenvalue weighted by Crippen LogP contribution is 2.46. The molecule has 2 aliphatic heterocycles. The second kappa shape index (κ2) is 9.32. The first-order valence-electron chi connectivity index (χ1n) is 11.5. The van der Waals surface area contributed by atoms with Crippen LogP contribution in [0.1, 0.15) is 73.1 Å². The molecule has 3 heterocycles. The lowest BCUT2D eigenvalue weighted by Gasteiger charge is -2.34. The Morgan fingerprint density at radius 3 is 2.50 bits per heavy atom. The number of carbonyl (C=O) groups is 3. The van der Waals surface area contributed by atoms with Crippen LogP contribution in [0.2, 0.25) is 0 Å². The van der Waals surface area contributed by atoms with Crippen LogP contribution in [-0.2, 0) is 25.5 Å². The molecule has 0 fully saturated rings. The number of rotatable bonds is 7. The van der Waals surface area contributed by atoms with Gasteiger partial charge in [-0.25, -0.2) is 14.6 Å². The number of aliphatic hydroxyl groups excluding tert-OH is 1. The number of aliphatic hydroxyl groups is 1. The van der Waals surface area contributed by atoms with Gasteiger partial charge in [-0.2, -0.15) is 0 Å². The van der Waals surface area contributed by atoms with E-state index in [0.717, 1.165) is 30.0 Å². The summed E-state index contributed by atoms with van der Waals surface area (Å²) in [5, 5.41) is 11.1. The van der Waals surface area contributed by atoms with Crippen LogP contribution in [0, 0.1) is 0 Å². The Hall–Kier alpha value is -3.62. The lowest BCUT2D eigenvalue weighted by Crippen LogP contribution is -2.39. The fourth-order valence-electron chi connectivity index (χ4n) is 4.68. The summed E-state index contributed by atoms with van der Waals surface area (Å²) in [6, 6.07) is 6.08. The average molecular weight is 468 g/mol. The van der Waals surface area contributed by atoms with Crippen molar-refractivity contribution in [2.75, 3.05) is 20.3 Å². The summed E-state index contributed by atoms with van der Waals surface area (Å²) in [6.45, 7) is 6.15. The van der Waals surface area contributed by atoms with Gasteiger partial charge < -0.3 is 19.5 Å². The zero-order valence-corrected chi connectivity index (χ0v) is 19.8. The lowest BCUT2D eigenvalue weighted by atomic mass is 9.95. The fourth-order valence-corrected chi connectivity index (χ4v) is 4.68. The highest BCUT2D eigenvalue weighted by molar-refractivity contribution is 6.18. The van der Waals surface area contributed by atoms with E-state index in [9.17, 15) is 19.5 Å². The zero-order valence-electron chi connectivity index (χ0n) is 19.8. The number of nitrogens with zero attached hydrogens (tertiary/aromatic N) is 3. The SMILES string of the molecule is CCCCc1nc2c(n1-c1ccc(C(=O)OC)cc1)C1C(O)=C(C(=O)OCC)C(=O)N1CC2C. The van der Waals surface area contributed by atoms with Crippen molar-refractivity contribution in [3.8, 4) is 5.69 Å². The van der Waals surface area contributed by atoms with E-state index in [4.69, 9.17) is 14.5 Å². The van der Waals surface area contributed by atoms with E-state index >= 15 is 0 Å². The van der Waals surface area contributed by atoms with E-state index in [0.29, 0.717) is 24.2 Å². The molecule has 1 aromatic heterocycles. The minimum Gasteiger partial charge on any atom is -0.509 e. The zero-order chi connectivity index (χ0) is 24.6. The van der Waals surface area contributed by atoms with Crippen LogP contribution in [0.5, 0.6) is 0 Å². The van der Waals surface area contributed by atoms with Gasteiger partial charge in [0.2, 0.25) is 0 Å². The van der Waals surface area contributed by atoms with E-state index in [1.807, 2.05) is 11.5 Å². The number of aryl methyl sites for hydroxylation is 1. The number of fused-ring (bicyclic) bond motifs is 3. The number of aromatic nitrogens is 2. The van der Waals surface area contributed by atoms with Gasteiger partial charge in [0, 0.05) is 24.6 Å². The fraction of sp³-hybridized carbons (Fsp3) is 0.440. The van der Waals surface area contributed by atoms with Gasteiger partial charge >= 0.3 is 11.9 Å². The van der Waals surface area contributed by atoms with Gasteiger partial charge in [0.1, 0.15) is 17.6 Å². The van der Waals surface area contributed by atoms with E-state index in [1.165, 1.54) is 12.0 Å². The predicted octanol–water partition coefficient (Wildman–Crippen LogP) is 3.38. The van der Waals surface area contributed by atoms with Crippen LogP contribution in [-0.4, -0.2) is 57.7 Å². The molecule has 9 nitrogen and oxygen atoms in total. The molecule has 0 aliphatic carbocycles. The summed E-state index contributed by atoms with van der Waals surface area (Å²) in [4.78, 5) is 44.0. The van der Waals surface area contributed by atoms with Crippen LogP contribution in [0.4, 0.5) is 0 Å². The predicted molar refractivity (Wildman–Crippen MR) is 123 cm³/mol. The van der Waals surface area contributed by atoms with Crippen LogP contribution < -0.4 is 0 Å². The van der Waals surface area contributed by atoms with Gasteiger partial charge in [-0.05, 0) is 37.6 Å². The second-order valence-electron chi connectivity index (χ2n) is 8.52. The molecular formula is C25H29N3O6. The summed E-state index contributed by atoms with van der Waals surface area (Å²) in [7, 11) is 1.33. The molecule has 4 rings (SSSR count). The summed E-state index contributed by atoms with van der Waals surface area (Å²) in [6.07, 6.45) is 2.58. The number of benzene rings is 1. The molecule has 2 unspecified atom stereocenters. The van der Waals surface area contributed by atoms with Crippen LogP contribution in [0.3, 0.4) is 0 Å². The monoisotopic (exact) mass is 467 g/mol. The van der Waals surface area contributed by atoms with Gasteiger partial charge in [0.15, 0.2) is 5.57 Å². The summed E-state index contributed by atoms with van der Waals surface area (Å²) in [5.74, 6) is -1.41. The highest BCUT2D eigenvalue weighted by atomic mass is 16.5. The molecule has 0 radical (unpaired) electrons. The van der Waals surface area contributed by atoms with Crippen LogP contribution >= 0.6 is 0 Å². The summed E-state index contributed by atoms with van der Waals surface area (Å²) >= 11 is 0. The van der Waals surface area contributed by atoms with Crippen molar-refractivity contribution in [2.45, 2.75) is 52.0 Å². The van der Waals surface area contributed by atoms with Gasteiger partial charge in [0.05, 0.1) is 30.7 Å². The van der Waals surface area contributed by atoms with Crippen LogP contribution in [0.25, 0.3) is 5.69 Å². The van der Waals surface area contributed by atoms with Crippen molar-refractivity contribution in [2.24, 2.45) is 0 Å². The van der Waals surface area contributed by atoms with E-state index in [1.54, 1.807) is 31.2 Å². The Morgan fingerprint density at radius 1 is 1.18 bits per heavy atom. The Balaban J connectivity index is 1.90. The number of imidazole rings is 1. The highest BCUT2D eigenvalue weighted by Gasteiger charge is 2.50. The van der Waals surface area contributed by atoms with E-state index in [-0.39, 0.29) is 23.9 Å². The Labute approximate surface area is 198 Å². The average Bonchev–Trinajstić information content (AvgIpc) is 3.32. The first-order chi connectivity index (χ1) is 16.3. The van der Waals surface area contributed by atoms with Crippen molar-refractivity contribution in [1.82, 2.24) is 14.5 Å². The molecule has 0 saturated carbocycles. The Morgan fingerprint density at radius 2 is 1.88 bits per heavy atom. The number of methoxy groups -OCH3 is 1. The summed E-state index contributed by atoms with van der Waals surface area (Å²) in [5.41, 5.74) is 2.27. The molecule has 2 aromatic rings. The van der Waals surface area contributed by atoms with E-state index < -0.39 is 23.9 Å². The van der Waals surface area contributed by atoms with Crippen molar-refractivity contribution in [3.63, 3.8) is 0 Å². The van der Waals surface area contributed by atoms with Gasteiger partial charge in [-0.3, -0.25) is 9.36 Å².